The summed E-state index contributed by atoms with van der Waals surface area (Å²) < 4.78 is 4.43. The number of halogens is 2. The van der Waals surface area contributed by atoms with Crippen molar-refractivity contribution >= 4 is 17.4 Å². The second kappa shape index (κ2) is 7.77. The van der Waals surface area contributed by atoms with Gasteiger partial charge < -0.3 is 17.0 Å². The average Bonchev–Trinajstić information content (AvgIpc) is 3.20. The third kappa shape index (κ3) is 3.49. The van der Waals surface area contributed by atoms with Crippen molar-refractivity contribution in [3.63, 3.8) is 0 Å². The summed E-state index contributed by atoms with van der Waals surface area (Å²) in [5.74, 6) is 1.27. The molecule has 5 heteroatoms. The van der Waals surface area contributed by atoms with Gasteiger partial charge in [0.25, 0.3) is 5.82 Å². The molecule has 4 rings (SSSR count). The molecule has 0 bridgehead atoms. The number of rotatable bonds is 4. The van der Waals surface area contributed by atoms with E-state index in [1.807, 2.05) is 12.1 Å². The van der Waals surface area contributed by atoms with E-state index in [4.69, 9.17) is 11.6 Å². The molecule has 2 heterocycles. The topological polar surface area (TPSA) is 25.9 Å². The minimum Gasteiger partial charge on any atom is -1.00 e. The number of aryl methyl sites for hydroxylation is 1. The largest absolute Gasteiger partial charge is 1.00 e. The van der Waals surface area contributed by atoms with Crippen LogP contribution in [0.25, 0.3) is 11.3 Å². The average molecular weight is 432 g/mol. The highest BCUT2D eigenvalue weighted by molar-refractivity contribution is 6.33. The second-order valence-electron chi connectivity index (χ2n) is 6.58. The molecular weight excluding hydrogens is 412 g/mol. The van der Waals surface area contributed by atoms with Gasteiger partial charge >= 0.3 is 0 Å². The predicted octanol–water partition coefficient (Wildman–Crippen LogP) is 1.24. The molecule has 0 amide bonds. The molecule has 2 aromatic carbocycles. The summed E-state index contributed by atoms with van der Waals surface area (Å²) in [5.41, 5.74) is 4.21. The smallest absolute Gasteiger partial charge is 0.257 e. The van der Waals surface area contributed by atoms with E-state index in [0.717, 1.165) is 19.4 Å². The van der Waals surface area contributed by atoms with E-state index >= 15 is 0 Å². The number of aromatic nitrogens is 2. The van der Waals surface area contributed by atoms with Crippen molar-refractivity contribution in [3.8, 4) is 11.3 Å². The first-order valence-corrected chi connectivity index (χ1v) is 8.98. The molecule has 0 saturated heterocycles. The van der Waals surface area contributed by atoms with Crippen LogP contribution in [0.4, 0.5) is 0 Å². The van der Waals surface area contributed by atoms with Gasteiger partial charge in [-0.05, 0) is 25.5 Å². The molecule has 0 atom stereocenters. The summed E-state index contributed by atoms with van der Waals surface area (Å²) in [6.45, 7) is 3.42. The molecule has 0 aliphatic carbocycles. The van der Waals surface area contributed by atoms with Crippen LogP contribution in [0.1, 0.15) is 28.2 Å². The van der Waals surface area contributed by atoms with Crippen LogP contribution in [0.5, 0.6) is 0 Å². The molecule has 0 saturated carbocycles. The number of fused-ring (bicyclic) bond motifs is 1. The second-order valence-corrected chi connectivity index (χ2v) is 6.99. The molecule has 1 aliphatic heterocycles. The quantitative estimate of drug-likeness (QED) is 0.451. The number of ketones is 1. The number of hydrogen-bond acceptors (Lipinski definition) is 1. The van der Waals surface area contributed by atoms with Gasteiger partial charge in [-0.3, -0.25) is 4.79 Å². The van der Waals surface area contributed by atoms with E-state index in [9.17, 15) is 4.79 Å². The van der Waals surface area contributed by atoms with Crippen molar-refractivity contribution in [2.75, 3.05) is 0 Å². The lowest BCUT2D eigenvalue weighted by Crippen LogP contribution is -3.00. The third-order valence-electron chi connectivity index (χ3n) is 4.83. The van der Waals surface area contributed by atoms with Crippen molar-refractivity contribution < 1.29 is 26.3 Å². The Morgan fingerprint density at radius 2 is 1.88 bits per heavy atom. The molecule has 1 aromatic heterocycles. The van der Waals surface area contributed by atoms with Gasteiger partial charge in [-0.15, -0.1) is 0 Å². The van der Waals surface area contributed by atoms with Crippen LogP contribution in [0.2, 0.25) is 5.02 Å². The number of Topliss-reactive ketones (excluding diaryl/α,β-unsaturated/α-hetero) is 1. The normalized spacial score (nSPS) is 12.5. The van der Waals surface area contributed by atoms with Crippen LogP contribution in [0, 0.1) is 6.92 Å². The molecule has 26 heavy (non-hydrogen) atoms. The van der Waals surface area contributed by atoms with Crippen LogP contribution in [0.3, 0.4) is 0 Å². The van der Waals surface area contributed by atoms with Crippen LogP contribution in [-0.2, 0) is 19.5 Å². The highest BCUT2D eigenvalue weighted by Gasteiger charge is 2.30. The zero-order chi connectivity index (χ0) is 17.4. The summed E-state index contributed by atoms with van der Waals surface area (Å²) in [5, 5.41) is 0.516. The van der Waals surface area contributed by atoms with Crippen LogP contribution in [-0.4, -0.2) is 10.4 Å². The summed E-state index contributed by atoms with van der Waals surface area (Å²) in [4.78, 5) is 12.7. The highest BCUT2D eigenvalue weighted by atomic mass is 79.9. The molecule has 0 N–H and O–H groups in total. The van der Waals surface area contributed by atoms with Crippen LogP contribution >= 0.6 is 11.6 Å². The van der Waals surface area contributed by atoms with E-state index in [-0.39, 0.29) is 22.8 Å². The molecule has 3 nitrogen and oxygen atoms in total. The summed E-state index contributed by atoms with van der Waals surface area (Å²) in [6.07, 6.45) is 4.23. The lowest BCUT2D eigenvalue weighted by atomic mass is 10.1. The third-order valence-corrected chi connectivity index (χ3v) is 5.16. The zero-order valence-corrected chi connectivity index (χ0v) is 16.9. The monoisotopic (exact) mass is 430 g/mol. The van der Waals surface area contributed by atoms with E-state index in [0.29, 0.717) is 17.1 Å². The van der Waals surface area contributed by atoms with E-state index in [1.54, 1.807) is 12.1 Å². The van der Waals surface area contributed by atoms with Crippen LogP contribution in [0.15, 0.2) is 54.7 Å². The van der Waals surface area contributed by atoms with Gasteiger partial charge in [-0.1, -0.05) is 53.6 Å². The van der Waals surface area contributed by atoms with Crippen molar-refractivity contribution in [2.24, 2.45) is 0 Å². The fourth-order valence-electron chi connectivity index (χ4n) is 3.53. The lowest BCUT2D eigenvalue weighted by molar-refractivity contribution is -0.689. The Morgan fingerprint density at radius 3 is 2.62 bits per heavy atom. The molecule has 0 unspecified atom stereocenters. The van der Waals surface area contributed by atoms with E-state index in [2.05, 4.69) is 46.5 Å². The minimum absolute atomic E-state index is 0. The summed E-state index contributed by atoms with van der Waals surface area (Å²) in [6, 6.07) is 15.8. The first-order valence-electron chi connectivity index (χ1n) is 8.60. The van der Waals surface area contributed by atoms with Gasteiger partial charge in [0.2, 0.25) is 5.78 Å². The van der Waals surface area contributed by atoms with Crippen molar-refractivity contribution in [3.05, 3.63) is 76.7 Å². The molecule has 0 spiro atoms. The Labute approximate surface area is 169 Å². The molecular formula is C21H20BrClN2O. The van der Waals surface area contributed by atoms with Crippen molar-refractivity contribution in [2.45, 2.75) is 32.9 Å². The number of hydrogen-bond donors (Lipinski definition) is 0. The maximum Gasteiger partial charge on any atom is 0.257 e. The fraction of sp³-hybridized carbons (Fsp3) is 0.238. The van der Waals surface area contributed by atoms with Crippen molar-refractivity contribution in [1.29, 1.82) is 0 Å². The molecule has 0 fully saturated rings. The van der Waals surface area contributed by atoms with E-state index < -0.39 is 0 Å². The molecule has 3 aromatic rings. The Kier molecular flexibility index (Phi) is 5.64. The molecule has 134 valence electrons. The predicted molar refractivity (Wildman–Crippen MR) is 98.9 cm³/mol. The number of carbonyl (C=O) groups excluding carboxylic acids is 1. The Morgan fingerprint density at radius 1 is 1.15 bits per heavy atom. The van der Waals surface area contributed by atoms with Gasteiger partial charge in [0, 0.05) is 11.1 Å². The summed E-state index contributed by atoms with van der Waals surface area (Å²) in [7, 11) is 0. The Hall–Kier alpha value is -1.91. The zero-order valence-electron chi connectivity index (χ0n) is 14.6. The Bertz CT molecular complexity index is 947. The SMILES string of the molecule is Cc1ccc(-c2c[n+](CC(=O)c3ccccc3Cl)c3n2CCC3)cc1.[Br-]. The standard InChI is InChI=1S/C21H20ClN2O.BrH/c1-15-8-10-16(11-9-15)19-13-23(21-7-4-12-24(19)21)14-20(25)17-5-2-3-6-18(17)22;/h2-3,5-6,8-11,13H,4,7,12,14H2,1H3;1H/q+1;/p-1. The number of nitrogens with zero attached hydrogens (tertiary/aromatic N) is 2. The maximum atomic E-state index is 12.7. The highest BCUT2D eigenvalue weighted by Crippen LogP contribution is 2.25. The van der Waals surface area contributed by atoms with Gasteiger partial charge in [0.15, 0.2) is 12.2 Å². The van der Waals surface area contributed by atoms with Gasteiger partial charge in [0.05, 0.1) is 18.0 Å². The lowest BCUT2D eigenvalue weighted by Gasteiger charge is -2.02. The molecule has 1 aliphatic rings. The van der Waals surface area contributed by atoms with Gasteiger partial charge in [0.1, 0.15) is 6.20 Å². The van der Waals surface area contributed by atoms with Gasteiger partial charge in [-0.2, -0.15) is 0 Å². The maximum absolute atomic E-state index is 12.7. The molecule has 0 radical (unpaired) electrons. The first kappa shape index (κ1) is 18.9. The van der Waals surface area contributed by atoms with Crippen molar-refractivity contribution in [1.82, 2.24) is 4.57 Å². The van der Waals surface area contributed by atoms with E-state index in [1.165, 1.54) is 22.6 Å². The minimum atomic E-state index is 0. The first-order chi connectivity index (χ1) is 12.1. The summed E-state index contributed by atoms with van der Waals surface area (Å²) >= 11 is 6.18. The van der Waals surface area contributed by atoms with Gasteiger partial charge in [-0.25, -0.2) is 9.13 Å². The number of imidazole rings is 1. The fourth-order valence-corrected chi connectivity index (χ4v) is 3.77. The van der Waals surface area contributed by atoms with Crippen LogP contribution < -0.4 is 21.5 Å². The number of benzene rings is 2. The number of carbonyl (C=O) groups is 1. The Balaban J connectivity index is 0.00000196.